The highest BCUT2D eigenvalue weighted by atomic mass is 16.5. The molecule has 0 spiro atoms. The average molecular weight is 283 g/mol. The number of likely N-dealkylation sites (tertiary alicyclic amines) is 1. The first kappa shape index (κ1) is 13.9. The van der Waals surface area contributed by atoms with Crippen LogP contribution >= 0.6 is 0 Å². The summed E-state index contributed by atoms with van der Waals surface area (Å²) in [6.45, 7) is 3.57. The van der Waals surface area contributed by atoms with E-state index in [1.54, 1.807) is 0 Å². The lowest BCUT2D eigenvalue weighted by Gasteiger charge is -2.29. The van der Waals surface area contributed by atoms with E-state index < -0.39 is 6.10 Å². The second kappa shape index (κ2) is 6.17. The standard InChI is InChI=1S/C18H21NO2/c1-14(18(20)19-11-5-2-6-12-19)21-17-10-9-15-7-3-4-8-16(15)13-17/h3-4,7-10,13-14H,2,5-6,11-12H2,1H3. The molecule has 0 radical (unpaired) electrons. The van der Waals surface area contributed by atoms with Gasteiger partial charge in [0.1, 0.15) is 5.75 Å². The summed E-state index contributed by atoms with van der Waals surface area (Å²) in [6, 6.07) is 14.1. The van der Waals surface area contributed by atoms with Crippen molar-refractivity contribution >= 4 is 16.7 Å². The number of benzene rings is 2. The quantitative estimate of drug-likeness (QED) is 0.861. The number of amides is 1. The first-order chi connectivity index (χ1) is 10.2. The van der Waals surface area contributed by atoms with Gasteiger partial charge < -0.3 is 9.64 Å². The molecule has 110 valence electrons. The third-order valence-electron chi connectivity index (χ3n) is 4.05. The molecule has 1 atom stereocenters. The number of nitrogens with zero attached hydrogens (tertiary/aromatic N) is 1. The molecule has 1 unspecified atom stereocenters. The number of hydrogen-bond acceptors (Lipinski definition) is 2. The highest BCUT2D eigenvalue weighted by Gasteiger charge is 2.23. The van der Waals surface area contributed by atoms with E-state index in [-0.39, 0.29) is 5.91 Å². The molecule has 2 aromatic rings. The molecule has 0 N–H and O–H groups in total. The van der Waals surface area contributed by atoms with E-state index >= 15 is 0 Å². The highest BCUT2D eigenvalue weighted by molar-refractivity contribution is 5.84. The molecular weight excluding hydrogens is 262 g/mol. The Labute approximate surface area is 125 Å². The van der Waals surface area contributed by atoms with Gasteiger partial charge in [-0.3, -0.25) is 4.79 Å². The molecular formula is C18H21NO2. The van der Waals surface area contributed by atoms with Gasteiger partial charge in [0.15, 0.2) is 6.10 Å². The second-order valence-corrected chi connectivity index (χ2v) is 5.65. The van der Waals surface area contributed by atoms with Crippen molar-refractivity contribution in [3.8, 4) is 5.75 Å². The molecule has 3 rings (SSSR count). The van der Waals surface area contributed by atoms with Crippen LogP contribution < -0.4 is 4.74 Å². The fourth-order valence-electron chi connectivity index (χ4n) is 2.87. The highest BCUT2D eigenvalue weighted by Crippen LogP contribution is 2.22. The number of ether oxygens (including phenoxy) is 1. The van der Waals surface area contributed by atoms with Gasteiger partial charge in [0.25, 0.3) is 5.91 Å². The Kier molecular flexibility index (Phi) is 4.09. The molecule has 0 aliphatic carbocycles. The number of rotatable bonds is 3. The Bertz CT molecular complexity index is 632. The molecule has 0 saturated carbocycles. The van der Waals surface area contributed by atoms with Crippen LogP contribution in [0.5, 0.6) is 5.75 Å². The Balaban J connectivity index is 1.70. The van der Waals surface area contributed by atoms with Crippen LogP contribution in [0.4, 0.5) is 0 Å². The van der Waals surface area contributed by atoms with Crippen molar-refractivity contribution in [1.29, 1.82) is 0 Å². The summed E-state index contributed by atoms with van der Waals surface area (Å²) in [4.78, 5) is 14.3. The number of fused-ring (bicyclic) bond motifs is 1. The van der Waals surface area contributed by atoms with Gasteiger partial charge in [0.2, 0.25) is 0 Å². The van der Waals surface area contributed by atoms with E-state index in [1.807, 2.05) is 42.2 Å². The van der Waals surface area contributed by atoms with Crippen LogP contribution in [-0.2, 0) is 4.79 Å². The smallest absolute Gasteiger partial charge is 0.263 e. The van der Waals surface area contributed by atoms with Crippen molar-refractivity contribution in [3.05, 3.63) is 42.5 Å². The lowest BCUT2D eigenvalue weighted by molar-refractivity contribution is -0.138. The molecule has 0 bridgehead atoms. The van der Waals surface area contributed by atoms with E-state index in [2.05, 4.69) is 12.1 Å². The number of carbonyl (C=O) groups is 1. The molecule has 2 aromatic carbocycles. The van der Waals surface area contributed by atoms with Crippen molar-refractivity contribution in [2.45, 2.75) is 32.3 Å². The fourth-order valence-corrected chi connectivity index (χ4v) is 2.87. The average Bonchev–Trinajstić information content (AvgIpc) is 2.55. The maximum absolute atomic E-state index is 12.4. The summed E-state index contributed by atoms with van der Waals surface area (Å²) >= 11 is 0. The van der Waals surface area contributed by atoms with Crippen LogP contribution in [-0.4, -0.2) is 30.0 Å². The SMILES string of the molecule is CC(Oc1ccc2ccccc2c1)C(=O)N1CCCCC1. The maximum Gasteiger partial charge on any atom is 0.263 e. The van der Waals surface area contributed by atoms with Gasteiger partial charge >= 0.3 is 0 Å². The monoisotopic (exact) mass is 283 g/mol. The predicted octanol–water partition coefficient (Wildman–Crippen LogP) is 3.62. The number of piperidine rings is 1. The van der Waals surface area contributed by atoms with Crippen LogP contribution in [0.25, 0.3) is 10.8 Å². The normalized spacial score (nSPS) is 16.7. The van der Waals surface area contributed by atoms with E-state index in [4.69, 9.17) is 4.74 Å². The predicted molar refractivity (Wildman–Crippen MR) is 84.5 cm³/mol. The zero-order valence-corrected chi connectivity index (χ0v) is 12.4. The number of hydrogen-bond donors (Lipinski definition) is 0. The summed E-state index contributed by atoms with van der Waals surface area (Å²) in [7, 11) is 0. The van der Waals surface area contributed by atoms with Gasteiger partial charge in [-0.15, -0.1) is 0 Å². The molecule has 1 heterocycles. The van der Waals surface area contributed by atoms with E-state index in [0.29, 0.717) is 0 Å². The summed E-state index contributed by atoms with van der Waals surface area (Å²) in [5, 5.41) is 2.31. The first-order valence-corrected chi connectivity index (χ1v) is 7.68. The Morgan fingerprint density at radius 2 is 1.76 bits per heavy atom. The minimum Gasteiger partial charge on any atom is -0.481 e. The summed E-state index contributed by atoms with van der Waals surface area (Å²) in [6.07, 6.45) is 3.01. The molecule has 1 aliphatic rings. The topological polar surface area (TPSA) is 29.5 Å². The third-order valence-corrected chi connectivity index (χ3v) is 4.05. The summed E-state index contributed by atoms with van der Waals surface area (Å²) in [5.41, 5.74) is 0. The van der Waals surface area contributed by atoms with Crippen LogP contribution in [0, 0.1) is 0 Å². The van der Waals surface area contributed by atoms with Crippen molar-refractivity contribution in [2.24, 2.45) is 0 Å². The molecule has 0 aromatic heterocycles. The molecule has 1 amide bonds. The summed E-state index contributed by atoms with van der Waals surface area (Å²) in [5.74, 6) is 0.856. The lowest BCUT2D eigenvalue weighted by Crippen LogP contribution is -2.43. The van der Waals surface area contributed by atoms with Gasteiger partial charge in [0, 0.05) is 13.1 Å². The maximum atomic E-state index is 12.4. The third kappa shape index (κ3) is 3.18. The van der Waals surface area contributed by atoms with Crippen LogP contribution in [0.2, 0.25) is 0 Å². The van der Waals surface area contributed by atoms with Gasteiger partial charge in [-0.2, -0.15) is 0 Å². The van der Waals surface area contributed by atoms with Crippen LogP contribution in [0.1, 0.15) is 26.2 Å². The van der Waals surface area contributed by atoms with E-state index in [0.717, 1.165) is 37.1 Å². The van der Waals surface area contributed by atoms with Crippen molar-refractivity contribution < 1.29 is 9.53 Å². The van der Waals surface area contributed by atoms with Crippen LogP contribution in [0.3, 0.4) is 0 Å². The minimum absolute atomic E-state index is 0.0999. The Hall–Kier alpha value is -2.03. The van der Waals surface area contributed by atoms with Crippen molar-refractivity contribution in [2.75, 3.05) is 13.1 Å². The molecule has 1 saturated heterocycles. The van der Waals surface area contributed by atoms with Gasteiger partial charge in [-0.1, -0.05) is 30.3 Å². The number of carbonyl (C=O) groups excluding carboxylic acids is 1. The Morgan fingerprint density at radius 1 is 1.05 bits per heavy atom. The molecule has 1 fully saturated rings. The summed E-state index contributed by atoms with van der Waals surface area (Å²) < 4.78 is 5.85. The molecule has 21 heavy (non-hydrogen) atoms. The second-order valence-electron chi connectivity index (χ2n) is 5.65. The van der Waals surface area contributed by atoms with Gasteiger partial charge in [-0.05, 0) is 49.1 Å². The Morgan fingerprint density at radius 3 is 2.52 bits per heavy atom. The van der Waals surface area contributed by atoms with Crippen molar-refractivity contribution in [3.63, 3.8) is 0 Å². The van der Waals surface area contributed by atoms with E-state index in [9.17, 15) is 4.79 Å². The molecule has 1 aliphatic heterocycles. The zero-order valence-electron chi connectivity index (χ0n) is 12.4. The minimum atomic E-state index is -0.427. The lowest BCUT2D eigenvalue weighted by atomic mass is 10.1. The first-order valence-electron chi connectivity index (χ1n) is 7.68. The molecule has 3 heteroatoms. The zero-order chi connectivity index (χ0) is 14.7. The van der Waals surface area contributed by atoms with E-state index in [1.165, 1.54) is 11.8 Å². The molecule has 3 nitrogen and oxygen atoms in total. The fraction of sp³-hybridized carbons (Fsp3) is 0.389. The van der Waals surface area contributed by atoms with Crippen molar-refractivity contribution in [1.82, 2.24) is 4.90 Å². The van der Waals surface area contributed by atoms with Crippen LogP contribution in [0.15, 0.2) is 42.5 Å². The van der Waals surface area contributed by atoms with Gasteiger partial charge in [-0.25, -0.2) is 0 Å². The van der Waals surface area contributed by atoms with Gasteiger partial charge in [0.05, 0.1) is 0 Å². The largest absolute Gasteiger partial charge is 0.481 e.